The molecule has 0 fully saturated rings. The molecule has 1 aromatic heterocycles. The predicted octanol–water partition coefficient (Wildman–Crippen LogP) is 3.29. The summed E-state index contributed by atoms with van der Waals surface area (Å²) >= 11 is 0. The first kappa shape index (κ1) is 16.7. The molecule has 6 nitrogen and oxygen atoms in total. The van der Waals surface area contributed by atoms with E-state index in [1.165, 1.54) is 17.5 Å². The number of benzene rings is 2. The van der Waals surface area contributed by atoms with Crippen molar-refractivity contribution in [2.45, 2.75) is 13.0 Å². The standard InChI is InChI=1S/C21H17N5O/c22-12-15-5-7-18(8-6-15)25-20-11-19(23-14-24-20)21(27)26-10-9-16-3-1-2-4-17(16)13-26/h1-8,11,14H,9-10,13H2,(H,23,24,25). The number of nitrogens with one attached hydrogen (secondary N) is 1. The maximum absolute atomic E-state index is 12.9. The molecule has 0 spiro atoms. The molecular formula is C21H17N5O. The Morgan fingerprint density at radius 2 is 1.85 bits per heavy atom. The van der Waals surface area contributed by atoms with Gasteiger partial charge in [-0.25, -0.2) is 9.97 Å². The lowest BCUT2D eigenvalue weighted by molar-refractivity contribution is 0.0728. The second-order valence-electron chi connectivity index (χ2n) is 6.35. The van der Waals surface area contributed by atoms with Crippen LogP contribution in [-0.4, -0.2) is 27.3 Å². The zero-order valence-corrected chi connectivity index (χ0v) is 14.6. The number of nitriles is 1. The molecule has 0 atom stereocenters. The van der Waals surface area contributed by atoms with Gasteiger partial charge in [0.1, 0.15) is 17.8 Å². The second kappa shape index (κ2) is 7.26. The number of nitrogens with zero attached hydrogens (tertiary/aromatic N) is 4. The molecule has 1 aliphatic rings. The number of fused-ring (bicyclic) bond motifs is 1. The van der Waals surface area contributed by atoms with Gasteiger partial charge in [-0.3, -0.25) is 4.79 Å². The number of anilines is 2. The molecular weight excluding hydrogens is 338 g/mol. The van der Waals surface area contributed by atoms with Crippen molar-refractivity contribution in [3.05, 3.63) is 83.3 Å². The van der Waals surface area contributed by atoms with Crippen molar-refractivity contribution in [2.75, 3.05) is 11.9 Å². The fourth-order valence-electron chi connectivity index (χ4n) is 3.15. The Hall–Kier alpha value is -3.72. The molecule has 0 saturated carbocycles. The van der Waals surface area contributed by atoms with E-state index in [2.05, 4.69) is 33.5 Å². The maximum atomic E-state index is 12.9. The van der Waals surface area contributed by atoms with Crippen molar-refractivity contribution in [1.29, 1.82) is 5.26 Å². The van der Waals surface area contributed by atoms with Crippen LogP contribution >= 0.6 is 0 Å². The second-order valence-corrected chi connectivity index (χ2v) is 6.35. The first-order chi connectivity index (χ1) is 13.2. The minimum atomic E-state index is -0.102. The fourth-order valence-corrected chi connectivity index (χ4v) is 3.15. The molecule has 132 valence electrons. The summed E-state index contributed by atoms with van der Waals surface area (Å²) in [5.41, 5.74) is 4.22. The first-order valence-corrected chi connectivity index (χ1v) is 8.68. The van der Waals surface area contributed by atoms with Crippen LogP contribution in [0.15, 0.2) is 60.9 Å². The molecule has 4 rings (SSSR count). The number of carbonyl (C=O) groups excluding carboxylic acids is 1. The SMILES string of the molecule is N#Cc1ccc(Nc2cc(C(=O)N3CCc4ccccc4C3)ncn2)cc1. The van der Waals surface area contributed by atoms with Gasteiger partial charge in [-0.05, 0) is 41.8 Å². The molecule has 0 bridgehead atoms. The Labute approximate surface area is 157 Å². The zero-order valence-electron chi connectivity index (χ0n) is 14.6. The summed E-state index contributed by atoms with van der Waals surface area (Å²) in [5.74, 6) is 0.435. The number of hydrogen-bond donors (Lipinski definition) is 1. The third-order valence-electron chi connectivity index (χ3n) is 4.59. The summed E-state index contributed by atoms with van der Waals surface area (Å²) in [6, 6.07) is 19.0. The lowest BCUT2D eigenvalue weighted by Crippen LogP contribution is -2.36. The lowest BCUT2D eigenvalue weighted by Gasteiger charge is -2.28. The molecule has 0 radical (unpaired) electrons. The molecule has 3 aromatic rings. The highest BCUT2D eigenvalue weighted by Gasteiger charge is 2.22. The van der Waals surface area contributed by atoms with Crippen LogP contribution in [0.3, 0.4) is 0 Å². The van der Waals surface area contributed by atoms with E-state index in [0.717, 1.165) is 12.1 Å². The van der Waals surface area contributed by atoms with Crippen molar-refractivity contribution in [2.24, 2.45) is 0 Å². The average Bonchev–Trinajstić information content (AvgIpc) is 2.73. The van der Waals surface area contributed by atoms with Gasteiger partial charge in [0.25, 0.3) is 5.91 Å². The van der Waals surface area contributed by atoms with Gasteiger partial charge in [-0.15, -0.1) is 0 Å². The number of rotatable bonds is 3. The van der Waals surface area contributed by atoms with Crippen molar-refractivity contribution < 1.29 is 4.79 Å². The van der Waals surface area contributed by atoms with E-state index in [1.54, 1.807) is 30.3 Å². The Kier molecular flexibility index (Phi) is 4.50. The number of hydrogen-bond acceptors (Lipinski definition) is 5. The average molecular weight is 355 g/mol. The Bertz CT molecular complexity index is 1020. The van der Waals surface area contributed by atoms with E-state index in [-0.39, 0.29) is 5.91 Å². The Morgan fingerprint density at radius 1 is 1.07 bits per heavy atom. The van der Waals surface area contributed by atoms with Crippen molar-refractivity contribution in [3.63, 3.8) is 0 Å². The summed E-state index contributed by atoms with van der Waals surface area (Å²) in [7, 11) is 0. The predicted molar refractivity (Wildman–Crippen MR) is 101 cm³/mol. The van der Waals surface area contributed by atoms with Crippen LogP contribution in [0, 0.1) is 11.3 Å². The van der Waals surface area contributed by atoms with E-state index in [4.69, 9.17) is 5.26 Å². The Morgan fingerprint density at radius 3 is 2.63 bits per heavy atom. The molecule has 0 aliphatic carbocycles. The smallest absolute Gasteiger partial charge is 0.272 e. The molecule has 1 N–H and O–H groups in total. The summed E-state index contributed by atoms with van der Waals surface area (Å²) < 4.78 is 0. The van der Waals surface area contributed by atoms with Gasteiger partial charge in [-0.2, -0.15) is 5.26 Å². The van der Waals surface area contributed by atoms with Crippen LogP contribution in [0.2, 0.25) is 0 Å². The highest BCUT2D eigenvalue weighted by molar-refractivity contribution is 5.93. The minimum absolute atomic E-state index is 0.102. The quantitative estimate of drug-likeness (QED) is 0.779. The lowest BCUT2D eigenvalue weighted by atomic mass is 10.00. The summed E-state index contributed by atoms with van der Waals surface area (Å²) in [6.07, 6.45) is 2.24. The molecule has 2 aromatic carbocycles. The van der Waals surface area contributed by atoms with E-state index >= 15 is 0 Å². The highest BCUT2D eigenvalue weighted by atomic mass is 16.2. The van der Waals surface area contributed by atoms with Crippen molar-refractivity contribution in [3.8, 4) is 6.07 Å². The monoisotopic (exact) mass is 355 g/mol. The van der Waals surface area contributed by atoms with E-state index in [9.17, 15) is 4.79 Å². The molecule has 1 amide bonds. The van der Waals surface area contributed by atoms with Crippen molar-refractivity contribution in [1.82, 2.24) is 14.9 Å². The first-order valence-electron chi connectivity index (χ1n) is 8.68. The molecule has 0 unspecified atom stereocenters. The molecule has 1 aliphatic heterocycles. The number of aromatic nitrogens is 2. The van der Waals surface area contributed by atoms with Crippen LogP contribution in [0.25, 0.3) is 0 Å². The topological polar surface area (TPSA) is 81.9 Å². The maximum Gasteiger partial charge on any atom is 0.272 e. The molecule has 27 heavy (non-hydrogen) atoms. The van der Waals surface area contributed by atoms with Crippen LogP contribution in [0.5, 0.6) is 0 Å². The van der Waals surface area contributed by atoms with Gasteiger partial charge in [0.15, 0.2) is 0 Å². The normalized spacial score (nSPS) is 12.8. The minimum Gasteiger partial charge on any atom is -0.340 e. The highest BCUT2D eigenvalue weighted by Crippen LogP contribution is 2.21. The summed E-state index contributed by atoms with van der Waals surface area (Å²) in [4.78, 5) is 23.0. The zero-order chi connectivity index (χ0) is 18.6. The van der Waals surface area contributed by atoms with E-state index in [1.807, 2.05) is 17.0 Å². The van der Waals surface area contributed by atoms with E-state index < -0.39 is 0 Å². The van der Waals surface area contributed by atoms with Gasteiger partial charge in [0.2, 0.25) is 0 Å². The van der Waals surface area contributed by atoms with Gasteiger partial charge in [-0.1, -0.05) is 24.3 Å². The van der Waals surface area contributed by atoms with Crippen LogP contribution < -0.4 is 5.32 Å². The van der Waals surface area contributed by atoms with Gasteiger partial charge >= 0.3 is 0 Å². The number of carbonyl (C=O) groups is 1. The van der Waals surface area contributed by atoms with Gasteiger partial charge < -0.3 is 10.2 Å². The molecule has 0 saturated heterocycles. The van der Waals surface area contributed by atoms with Crippen LogP contribution in [-0.2, 0) is 13.0 Å². The number of amides is 1. The molecule has 2 heterocycles. The summed E-state index contributed by atoms with van der Waals surface area (Å²) in [6.45, 7) is 1.27. The van der Waals surface area contributed by atoms with E-state index in [0.29, 0.717) is 30.2 Å². The van der Waals surface area contributed by atoms with Crippen molar-refractivity contribution >= 4 is 17.4 Å². The van der Waals surface area contributed by atoms with Gasteiger partial charge in [0.05, 0.1) is 11.6 Å². The summed E-state index contributed by atoms with van der Waals surface area (Å²) in [5, 5.41) is 12.0. The fraction of sp³-hybridized carbons (Fsp3) is 0.143. The largest absolute Gasteiger partial charge is 0.340 e. The third kappa shape index (κ3) is 3.62. The third-order valence-corrected chi connectivity index (χ3v) is 4.59. The Balaban J connectivity index is 1.50. The van der Waals surface area contributed by atoms with Crippen LogP contribution in [0.1, 0.15) is 27.2 Å². The molecule has 6 heteroatoms. The van der Waals surface area contributed by atoms with Crippen LogP contribution in [0.4, 0.5) is 11.5 Å². The van der Waals surface area contributed by atoms with Gasteiger partial charge in [0, 0.05) is 24.8 Å².